The smallest absolute Gasteiger partial charge is 0.198 e. The van der Waals surface area contributed by atoms with Crippen molar-refractivity contribution < 1.29 is 4.39 Å². The van der Waals surface area contributed by atoms with Crippen molar-refractivity contribution in [3.8, 4) is 0 Å². The third-order valence-corrected chi connectivity index (χ3v) is 7.34. The second kappa shape index (κ2) is 8.91. The molecule has 7 nitrogen and oxygen atoms in total. The van der Waals surface area contributed by atoms with Crippen LogP contribution in [0, 0.1) is 11.7 Å². The van der Waals surface area contributed by atoms with Gasteiger partial charge < -0.3 is 21.3 Å². The second-order valence-electron chi connectivity index (χ2n) is 9.67. The second-order valence-corrected chi connectivity index (χ2v) is 9.67. The molecule has 8 heteroatoms. The molecule has 4 aliphatic rings. The standard InChI is InChI=1S/C26H34FN7/c1-15-11-18(12-20-16(2)32-33(4)25(15)20)21-14-30-26(34-9-7-19(28)8-10-34)31-24(21)17-5-6-23(29-3)22(27)13-17/h5-6,11-13,15,19,25,29H,7-10,14,28H2,1-4H3,(H,30,31). The van der Waals surface area contributed by atoms with Crippen LogP contribution in [0.3, 0.4) is 0 Å². The van der Waals surface area contributed by atoms with E-state index in [1.807, 2.05) is 13.1 Å². The first-order valence-electron chi connectivity index (χ1n) is 12.1. The highest BCUT2D eigenvalue weighted by Crippen LogP contribution is 2.37. The van der Waals surface area contributed by atoms with Crippen molar-refractivity contribution in [3.63, 3.8) is 0 Å². The predicted octanol–water partition coefficient (Wildman–Crippen LogP) is 3.15. The van der Waals surface area contributed by atoms with E-state index in [4.69, 9.17) is 10.7 Å². The summed E-state index contributed by atoms with van der Waals surface area (Å²) in [4.78, 5) is 7.18. The van der Waals surface area contributed by atoms with Crippen LogP contribution >= 0.6 is 0 Å². The fraction of sp³-hybridized carbons (Fsp3) is 0.462. The van der Waals surface area contributed by atoms with Crippen LogP contribution in [0.15, 0.2) is 57.2 Å². The largest absolute Gasteiger partial charge is 0.386 e. The zero-order valence-electron chi connectivity index (χ0n) is 20.4. The van der Waals surface area contributed by atoms with Crippen LogP contribution in [-0.2, 0) is 0 Å². The molecule has 0 aromatic heterocycles. The van der Waals surface area contributed by atoms with Gasteiger partial charge in [0.1, 0.15) is 5.82 Å². The van der Waals surface area contributed by atoms with Crippen LogP contribution in [0.1, 0.15) is 32.3 Å². The van der Waals surface area contributed by atoms with Gasteiger partial charge in [-0.25, -0.2) is 9.38 Å². The minimum Gasteiger partial charge on any atom is -0.386 e. The van der Waals surface area contributed by atoms with E-state index in [1.54, 1.807) is 19.2 Å². The van der Waals surface area contributed by atoms with Gasteiger partial charge in [0.05, 0.1) is 29.7 Å². The number of hydrazone groups is 1. The third-order valence-electron chi connectivity index (χ3n) is 7.34. The number of guanidine groups is 1. The van der Waals surface area contributed by atoms with E-state index in [0.717, 1.165) is 60.0 Å². The number of hydrogen-bond donors (Lipinski definition) is 3. The number of aliphatic imine (C=N–C) groups is 1. The number of anilines is 1. The van der Waals surface area contributed by atoms with Crippen LogP contribution < -0.4 is 16.4 Å². The maximum absolute atomic E-state index is 14.8. The monoisotopic (exact) mass is 463 g/mol. The topological polar surface area (TPSA) is 81.3 Å². The summed E-state index contributed by atoms with van der Waals surface area (Å²) in [6.45, 7) is 6.57. The average Bonchev–Trinajstić information content (AvgIpc) is 3.12. The Morgan fingerprint density at radius 2 is 2.00 bits per heavy atom. The van der Waals surface area contributed by atoms with Gasteiger partial charge in [0.15, 0.2) is 5.96 Å². The van der Waals surface area contributed by atoms with E-state index in [-0.39, 0.29) is 17.9 Å². The van der Waals surface area contributed by atoms with Crippen molar-refractivity contribution in [2.24, 2.45) is 21.7 Å². The number of halogens is 1. The molecule has 0 spiro atoms. The Bertz CT molecular complexity index is 1140. The van der Waals surface area contributed by atoms with Gasteiger partial charge in [-0.15, -0.1) is 0 Å². The van der Waals surface area contributed by atoms with E-state index in [0.29, 0.717) is 18.2 Å². The van der Waals surface area contributed by atoms with E-state index >= 15 is 0 Å². The Morgan fingerprint density at radius 1 is 1.24 bits per heavy atom. The lowest BCUT2D eigenvalue weighted by Crippen LogP contribution is -2.49. The van der Waals surface area contributed by atoms with E-state index in [9.17, 15) is 4.39 Å². The molecule has 3 aliphatic heterocycles. The molecule has 1 aliphatic carbocycles. The number of nitrogens with two attached hydrogens (primary N) is 1. The summed E-state index contributed by atoms with van der Waals surface area (Å²) in [7, 11) is 3.76. The maximum atomic E-state index is 14.8. The molecule has 0 radical (unpaired) electrons. The number of likely N-dealkylation sites (tertiary alicyclic amines) is 1. The minimum atomic E-state index is -0.272. The first-order valence-corrected chi connectivity index (χ1v) is 12.1. The summed E-state index contributed by atoms with van der Waals surface area (Å²) in [6.07, 6.45) is 6.43. The maximum Gasteiger partial charge on any atom is 0.198 e. The molecule has 1 fully saturated rings. The number of allylic oxidation sites excluding steroid dienone is 1. The van der Waals surface area contributed by atoms with E-state index in [2.05, 4.69) is 51.6 Å². The molecule has 0 saturated carbocycles. The molecule has 2 atom stereocenters. The molecule has 2 unspecified atom stereocenters. The number of fused-ring (bicyclic) bond motifs is 1. The molecular weight excluding hydrogens is 429 g/mol. The number of nitrogens with zero attached hydrogens (tertiary/aromatic N) is 4. The molecular formula is C26H34FN7. The van der Waals surface area contributed by atoms with Gasteiger partial charge in [-0.1, -0.05) is 19.1 Å². The lowest BCUT2D eigenvalue weighted by Gasteiger charge is -2.36. The molecule has 34 heavy (non-hydrogen) atoms. The Balaban J connectivity index is 1.54. The molecule has 4 N–H and O–H groups in total. The number of hydrogen-bond acceptors (Lipinski definition) is 7. The van der Waals surface area contributed by atoms with Crippen molar-refractivity contribution in [1.29, 1.82) is 0 Å². The Hall–Kier alpha value is -3.13. The highest BCUT2D eigenvalue weighted by Gasteiger charge is 2.35. The Kier molecular flexibility index (Phi) is 5.93. The molecule has 0 bridgehead atoms. The molecule has 180 valence electrons. The Morgan fingerprint density at radius 3 is 2.71 bits per heavy atom. The zero-order valence-corrected chi connectivity index (χ0v) is 20.4. The molecule has 0 amide bonds. The van der Waals surface area contributed by atoms with Crippen LogP contribution in [0.2, 0.25) is 0 Å². The lowest BCUT2D eigenvalue weighted by atomic mass is 9.82. The number of rotatable bonds is 3. The highest BCUT2D eigenvalue weighted by atomic mass is 19.1. The number of nitrogens with one attached hydrogen (secondary N) is 2. The summed E-state index contributed by atoms with van der Waals surface area (Å²) < 4.78 is 14.8. The SMILES string of the molecule is CNc1ccc(C2=C(C3=CC(C)C4C(=C3)C(C)=NN4C)CN=C(N3CCC(N)CC3)N2)cc1F. The van der Waals surface area contributed by atoms with Gasteiger partial charge >= 0.3 is 0 Å². The zero-order chi connectivity index (χ0) is 24.0. The predicted molar refractivity (Wildman–Crippen MR) is 137 cm³/mol. The van der Waals surface area contributed by atoms with Crippen LogP contribution in [-0.4, -0.2) is 67.4 Å². The quantitative estimate of drug-likeness (QED) is 0.642. The van der Waals surface area contributed by atoms with E-state index < -0.39 is 0 Å². The molecule has 1 aromatic rings. The Labute approximate surface area is 201 Å². The van der Waals surface area contributed by atoms with Crippen LogP contribution in [0.25, 0.3) is 5.70 Å². The number of piperidine rings is 1. The summed E-state index contributed by atoms with van der Waals surface area (Å²) >= 11 is 0. The average molecular weight is 464 g/mol. The first kappa shape index (κ1) is 22.7. The minimum absolute atomic E-state index is 0.247. The molecule has 3 heterocycles. The first-order chi connectivity index (χ1) is 16.4. The van der Waals surface area contributed by atoms with Gasteiger partial charge in [0.2, 0.25) is 0 Å². The summed E-state index contributed by atoms with van der Waals surface area (Å²) in [5.74, 6) is 0.871. The van der Waals surface area contributed by atoms with Gasteiger partial charge in [-0.2, -0.15) is 5.10 Å². The van der Waals surface area contributed by atoms with Crippen LogP contribution in [0.4, 0.5) is 10.1 Å². The number of benzene rings is 1. The van der Waals surface area contributed by atoms with Gasteiger partial charge in [-0.3, -0.25) is 5.01 Å². The van der Waals surface area contributed by atoms with Crippen molar-refractivity contribution >= 4 is 23.1 Å². The molecule has 1 aromatic carbocycles. The van der Waals surface area contributed by atoms with E-state index in [1.165, 1.54) is 5.57 Å². The summed E-state index contributed by atoms with van der Waals surface area (Å²) in [5, 5.41) is 13.2. The summed E-state index contributed by atoms with van der Waals surface area (Å²) in [5.41, 5.74) is 12.8. The van der Waals surface area contributed by atoms with Gasteiger partial charge in [0.25, 0.3) is 0 Å². The lowest BCUT2D eigenvalue weighted by molar-refractivity contribution is 0.266. The molecule has 1 saturated heterocycles. The normalized spacial score (nSPS) is 25.4. The van der Waals surface area contributed by atoms with Crippen molar-refractivity contribution in [2.75, 3.05) is 39.0 Å². The van der Waals surface area contributed by atoms with Crippen molar-refractivity contribution in [2.45, 2.75) is 38.8 Å². The van der Waals surface area contributed by atoms with Gasteiger partial charge in [0, 0.05) is 55.9 Å². The van der Waals surface area contributed by atoms with Crippen LogP contribution in [0.5, 0.6) is 0 Å². The van der Waals surface area contributed by atoms with Crippen molar-refractivity contribution in [3.05, 3.63) is 58.5 Å². The van der Waals surface area contributed by atoms with Crippen molar-refractivity contribution in [1.82, 2.24) is 15.2 Å². The highest BCUT2D eigenvalue weighted by molar-refractivity contribution is 6.02. The number of likely N-dealkylation sites (N-methyl/N-ethyl adjacent to an activating group) is 1. The fourth-order valence-corrected chi connectivity index (χ4v) is 5.47. The fourth-order valence-electron chi connectivity index (χ4n) is 5.47. The van der Waals surface area contributed by atoms with Gasteiger partial charge in [-0.05, 0) is 43.5 Å². The third kappa shape index (κ3) is 4.00. The molecule has 5 rings (SSSR count). The summed E-state index contributed by atoms with van der Waals surface area (Å²) in [6, 6.07) is 5.86.